The van der Waals surface area contributed by atoms with Gasteiger partial charge in [0.2, 0.25) is 0 Å². The molecule has 2 aromatic heterocycles. The number of H-pyrrole nitrogens is 1. The Morgan fingerprint density at radius 1 is 1.63 bits per heavy atom. The number of aliphatic hydroxyl groups excluding tert-OH is 2. The lowest BCUT2D eigenvalue weighted by Gasteiger charge is -2.13. The van der Waals surface area contributed by atoms with E-state index in [0.717, 1.165) is 0 Å². The van der Waals surface area contributed by atoms with E-state index in [9.17, 15) is 5.11 Å². The zero-order valence-corrected chi connectivity index (χ0v) is 10.7. The van der Waals surface area contributed by atoms with Crippen LogP contribution in [0.1, 0.15) is 12.6 Å². The summed E-state index contributed by atoms with van der Waals surface area (Å²) in [5, 5.41) is 18.8. The summed E-state index contributed by atoms with van der Waals surface area (Å²) in [7, 11) is 0. The molecule has 0 aliphatic carbocycles. The van der Waals surface area contributed by atoms with Crippen molar-refractivity contribution in [2.45, 2.75) is 24.9 Å². The smallest absolute Gasteiger partial charge is 0.200 e. The number of fused-ring (bicyclic) bond motifs is 1. The van der Waals surface area contributed by atoms with E-state index in [-0.39, 0.29) is 12.6 Å². The lowest BCUT2D eigenvalue weighted by molar-refractivity contribution is -0.0432. The van der Waals surface area contributed by atoms with Crippen molar-refractivity contribution in [2.75, 3.05) is 12.3 Å². The third-order valence-corrected chi connectivity index (χ3v) is 3.44. The number of nitrogen functional groups attached to an aromatic ring is 1. The molecule has 0 saturated carbocycles. The maximum Gasteiger partial charge on any atom is 0.200 e. The van der Waals surface area contributed by atoms with Crippen LogP contribution in [0.3, 0.4) is 0 Å². The van der Waals surface area contributed by atoms with Crippen LogP contribution < -0.4 is 5.73 Å². The van der Waals surface area contributed by atoms with E-state index >= 15 is 0 Å². The average molecular weight is 286 g/mol. The van der Waals surface area contributed by atoms with Crippen LogP contribution in [0.4, 0.5) is 5.95 Å². The summed E-state index contributed by atoms with van der Waals surface area (Å²) in [6.45, 7) is -0.232. The fourth-order valence-electron chi connectivity index (χ4n) is 2.22. The van der Waals surface area contributed by atoms with Crippen LogP contribution in [0.5, 0.6) is 0 Å². The number of aliphatic hydroxyl groups is 2. The number of ether oxygens (including phenoxy) is 1. The fraction of sp³-hybridized carbons (Fsp3) is 0.500. The summed E-state index contributed by atoms with van der Waals surface area (Å²) in [6.07, 6.45) is 0.179. The van der Waals surface area contributed by atoms with Gasteiger partial charge in [0.1, 0.15) is 23.5 Å². The van der Waals surface area contributed by atoms with Crippen molar-refractivity contribution in [3.8, 4) is 0 Å². The van der Waals surface area contributed by atoms with Crippen LogP contribution in [0.25, 0.3) is 11.2 Å². The molecule has 0 bridgehead atoms. The van der Waals surface area contributed by atoms with Crippen molar-refractivity contribution in [1.82, 2.24) is 19.5 Å². The number of hydrogen-bond donors (Lipinski definition) is 4. The van der Waals surface area contributed by atoms with E-state index in [4.69, 9.17) is 27.8 Å². The second-order valence-electron chi connectivity index (χ2n) is 4.39. The first-order valence-corrected chi connectivity index (χ1v) is 6.17. The van der Waals surface area contributed by atoms with Crippen molar-refractivity contribution in [1.29, 1.82) is 0 Å². The van der Waals surface area contributed by atoms with Crippen LogP contribution in [0.2, 0.25) is 0 Å². The molecule has 3 heterocycles. The van der Waals surface area contributed by atoms with Gasteiger partial charge in [0.05, 0.1) is 19.0 Å². The highest BCUT2D eigenvalue weighted by atomic mass is 32.1. The second kappa shape index (κ2) is 4.53. The highest BCUT2D eigenvalue weighted by molar-refractivity contribution is 7.71. The van der Waals surface area contributed by atoms with Gasteiger partial charge < -0.3 is 25.7 Å². The minimum Gasteiger partial charge on any atom is -0.394 e. The van der Waals surface area contributed by atoms with Gasteiger partial charge in [0.15, 0.2) is 10.6 Å². The van der Waals surface area contributed by atoms with Crippen molar-refractivity contribution in [3.05, 3.63) is 11.0 Å². The number of aromatic nitrogens is 4. The van der Waals surface area contributed by atoms with Gasteiger partial charge in [-0.25, -0.2) is 9.97 Å². The molecule has 0 unspecified atom stereocenters. The molecular weight excluding hydrogens is 273 g/mol. The normalized spacial score (nSPS) is 27.2. The van der Waals surface area contributed by atoms with Crippen LogP contribution >= 0.6 is 12.2 Å². The summed E-state index contributed by atoms with van der Waals surface area (Å²) in [4.78, 5) is 11.0. The molecular formula is C10H13N5O3S. The Kier molecular flexibility index (Phi) is 2.97. The average Bonchev–Trinajstić information content (AvgIpc) is 2.92. The molecule has 1 saturated heterocycles. The number of anilines is 1. The third kappa shape index (κ3) is 2.00. The Hall–Kier alpha value is -1.55. The van der Waals surface area contributed by atoms with Crippen LogP contribution in [-0.2, 0) is 4.74 Å². The van der Waals surface area contributed by atoms with Gasteiger partial charge in [-0.2, -0.15) is 0 Å². The summed E-state index contributed by atoms with van der Waals surface area (Å²) in [5.74, 6) is 0.191. The largest absolute Gasteiger partial charge is 0.394 e. The molecule has 1 aliphatic heterocycles. The molecule has 3 atom stereocenters. The quantitative estimate of drug-likeness (QED) is 0.442. The van der Waals surface area contributed by atoms with Gasteiger partial charge in [0.25, 0.3) is 0 Å². The van der Waals surface area contributed by atoms with Crippen molar-refractivity contribution >= 4 is 29.3 Å². The Morgan fingerprint density at radius 3 is 3.11 bits per heavy atom. The Bertz CT molecular complexity index is 669. The van der Waals surface area contributed by atoms with E-state index in [1.807, 2.05) is 0 Å². The zero-order chi connectivity index (χ0) is 13.6. The molecule has 5 N–H and O–H groups in total. The predicted octanol–water partition coefficient (Wildman–Crippen LogP) is -0.288. The zero-order valence-electron chi connectivity index (χ0n) is 9.85. The molecule has 0 amide bonds. The van der Waals surface area contributed by atoms with Crippen molar-refractivity contribution < 1.29 is 14.9 Å². The summed E-state index contributed by atoms with van der Waals surface area (Å²) in [5.41, 5.74) is 6.74. The topological polar surface area (TPSA) is 122 Å². The van der Waals surface area contributed by atoms with Crippen molar-refractivity contribution in [3.63, 3.8) is 0 Å². The molecule has 1 aliphatic rings. The van der Waals surface area contributed by atoms with E-state index in [1.165, 1.54) is 0 Å². The summed E-state index contributed by atoms with van der Waals surface area (Å²) < 4.78 is 7.57. The lowest BCUT2D eigenvalue weighted by atomic mass is 10.2. The predicted molar refractivity (Wildman–Crippen MR) is 68.7 cm³/mol. The number of aromatic amines is 1. The molecule has 1 fully saturated rings. The number of nitrogens with one attached hydrogen (secondary N) is 1. The van der Waals surface area contributed by atoms with E-state index in [2.05, 4.69) is 15.0 Å². The Labute approximate surface area is 112 Å². The van der Waals surface area contributed by atoms with E-state index < -0.39 is 18.4 Å². The van der Waals surface area contributed by atoms with Crippen LogP contribution in [0, 0.1) is 4.64 Å². The number of imidazole rings is 1. The Morgan fingerprint density at radius 2 is 2.42 bits per heavy atom. The third-order valence-electron chi connectivity index (χ3n) is 3.16. The molecule has 2 aromatic rings. The first-order valence-electron chi connectivity index (χ1n) is 5.77. The molecule has 3 rings (SSSR count). The van der Waals surface area contributed by atoms with Gasteiger partial charge in [-0.15, -0.1) is 0 Å². The van der Waals surface area contributed by atoms with Gasteiger partial charge in [-0.1, -0.05) is 12.2 Å². The lowest BCUT2D eigenvalue weighted by Crippen LogP contribution is -2.24. The van der Waals surface area contributed by atoms with Gasteiger partial charge >= 0.3 is 0 Å². The number of hydrogen-bond acceptors (Lipinski definition) is 7. The summed E-state index contributed by atoms with van der Waals surface area (Å²) >= 11 is 5.08. The Balaban J connectivity index is 2.05. The standard InChI is InChI=1S/C10H13N5O3S/c11-10-13-8-7(9(19)14-10)12-3-15(8)6-1-4(17)5(2-16)18-6/h3-6,16-17H,1-2H2,(H3,11,13,14,19)/t4-,5+,6+/m0/s1/i10+1,11+1,14+1. The second-order valence-corrected chi connectivity index (χ2v) is 4.78. The number of rotatable bonds is 2. The molecule has 0 spiro atoms. The number of nitrogens with zero attached hydrogens (tertiary/aromatic N) is 3. The van der Waals surface area contributed by atoms with E-state index in [0.29, 0.717) is 22.2 Å². The van der Waals surface area contributed by atoms with Crippen LogP contribution in [0.15, 0.2) is 6.33 Å². The highest BCUT2D eigenvalue weighted by Gasteiger charge is 2.35. The maximum atomic E-state index is 9.75. The van der Waals surface area contributed by atoms with Gasteiger partial charge in [-0.3, -0.25) is 4.57 Å². The molecule has 8 nitrogen and oxygen atoms in total. The molecule has 0 radical (unpaired) electrons. The van der Waals surface area contributed by atoms with Crippen LogP contribution in [-0.4, -0.2) is 48.5 Å². The van der Waals surface area contributed by atoms with Crippen molar-refractivity contribution in [2.24, 2.45) is 0 Å². The van der Waals surface area contributed by atoms with E-state index in [1.54, 1.807) is 10.9 Å². The number of nitrogens with two attached hydrogens (primary N) is 1. The fourth-order valence-corrected chi connectivity index (χ4v) is 2.47. The summed E-state index contributed by atoms with van der Waals surface area (Å²) in [6, 6.07) is 0. The monoisotopic (exact) mass is 286 g/mol. The highest BCUT2D eigenvalue weighted by Crippen LogP contribution is 2.30. The minimum atomic E-state index is -0.713. The minimum absolute atomic E-state index is 0.191. The first kappa shape index (κ1) is 12.5. The van der Waals surface area contributed by atoms with Gasteiger partial charge in [0, 0.05) is 6.42 Å². The molecule has 102 valence electrons. The first-order chi connectivity index (χ1) is 9.10. The molecule has 0 aromatic carbocycles. The molecule has 9 heteroatoms. The maximum absolute atomic E-state index is 9.75. The van der Waals surface area contributed by atoms with Gasteiger partial charge in [-0.05, 0) is 0 Å². The molecule has 19 heavy (non-hydrogen) atoms. The SMILES string of the molecule is [15NH2][13c]1[nH]c2c(ncn2[C@H]2C[C@H](O)[C@@H](CO)O2)c(=S)[15n]1.